The van der Waals surface area contributed by atoms with Crippen LogP contribution in [0.5, 0.6) is 0 Å². The molecule has 5 N–H and O–H groups in total. The Morgan fingerprint density at radius 3 is 2.52 bits per heavy atom. The maximum Gasteiger partial charge on any atom is 0.266 e. The van der Waals surface area contributed by atoms with Crippen LogP contribution < -0.4 is 22.3 Å². The van der Waals surface area contributed by atoms with Gasteiger partial charge < -0.3 is 16.8 Å². The van der Waals surface area contributed by atoms with Gasteiger partial charge in [-0.25, -0.2) is 13.8 Å². The van der Waals surface area contributed by atoms with Gasteiger partial charge in [0, 0.05) is 18.5 Å². The number of fused-ring (bicyclic) bond motifs is 1. The number of rotatable bonds is 6. The van der Waals surface area contributed by atoms with Crippen LogP contribution in [0.15, 0.2) is 53.3 Å². The Morgan fingerprint density at radius 2 is 1.82 bits per heavy atom. The van der Waals surface area contributed by atoms with Crippen LogP contribution in [0.4, 0.5) is 26.4 Å². The molecule has 0 amide bonds. The number of nitrogens with zero attached hydrogens (tertiary/aromatic N) is 5. The second-order valence-corrected chi connectivity index (χ2v) is 7.03. The zero-order chi connectivity index (χ0) is 23.5. The fourth-order valence-electron chi connectivity index (χ4n) is 3.52. The zero-order valence-electron chi connectivity index (χ0n) is 17.2. The summed E-state index contributed by atoms with van der Waals surface area (Å²) in [4.78, 5) is 25.6. The number of nitriles is 1. The molecule has 9 nitrogen and oxygen atoms in total. The minimum Gasteiger partial charge on any atom is -0.382 e. The molecule has 0 aliphatic rings. The molecular formula is C22H18F2N8O. The number of halogens is 2. The molecule has 0 unspecified atom stereocenters. The molecule has 0 aliphatic carbocycles. The van der Waals surface area contributed by atoms with E-state index in [0.717, 1.165) is 0 Å². The summed E-state index contributed by atoms with van der Waals surface area (Å²) in [6, 6.07) is 14.7. The average molecular weight is 448 g/mol. The number of nitrogens with two attached hydrogens (primary N) is 2. The molecule has 0 fully saturated rings. The largest absolute Gasteiger partial charge is 0.382 e. The predicted molar refractivity (Wildman–Crippen MR) is 120 cm³/mol. The number of aromatic nitrogens is 4. The third-order valence-electron chi connectivity index (χ3n) is 4.96. The first-order chi connectivity index (χ1) is 15.9. The van der Waals surface area contributed by atoms with E-state index in [9.17, 15) is 18.8 Å². The number of benzene rings is 2. The Kier molecular flexibility index (Phi) is 5.82. The molecule has 2 aromatic carbocycles. The van der Waals surface area contributed by atoms with Gasteiger partial charge in [0.15, 0.2) is 5.82 Å². The van der Waals surface area contributed by atoms with Crippen LogP contribution in [0.3, 0.4) is 0 Å². The van der Waals surface area contributed by atoms with E-state index in [2.05, 4.69) is 20.3 Å². The lowest BCUT2D eigenvalue weighted by atomic mass is 10.1. The summed E-state index contributed by atoms with van der Waals surface area (Å²) < 4.78 is 28.5. The summed E-state index contributed by atoms with van der Waals surface area (Å²) in [6.45, 7) is 0.198. The topological polar surface area (TPSA) is 149 Å². The van der Waals surface area contributed by atoms with Gasteiger partial charge in [-0.05, 0) is 18.2 Å². The van der Waals surface area contributed by atoms with Gasteiger partial charge in [-0.2, -0.15) is 15.2 Å². The maximum atomic E-state index is 13.6. The van der Waals surface area contributed by atoms with Crippen molar-refractivity contribution in [2.45, 2.75) is 12.8 Å². The number of alkyl halides is 2. The lowest BCUT2D eigenvalue weighted by Gasteiger charge is -2.16. The van der Waals surface area contributed by atoms with Crippen LogP contribution in [0.1, 0.15) is 23.4 Å². The van der Waals surface area contributed by atoms with Crippen molar-refractivity contribution in [1.29, 1.82) is 5.26 Å². The number of hydrogen-bond donors (Lipinski definition) is 3. The standard InChI is InChI=1S/C22H18F2N8O/c23-18(24)13-7-4-8-15-17(13)21(33)32(12-5-2-1-3-6-12)16(29-15)9-10-28-20-14(11-25)19(26)30-22(27)31-20/h1-8,18H,9-10H2,(H5,26,27,28,30,31). The molecule has 0 saturated heterocycles. The molecule has 33 heavy (non-hydrogen) atoms. The molecule has 0 bridgehead atoms. The number of anilines is 3. The lowest BCUT2D eigenvalue weighted by molar-refractivity contribution is 0.153. The highest BCUT2D eigenvalue weighted by Gasteiger charge is 2.19. The van der Waals surface area contributed by atoms with E-state index in [1.54, 1.807) is 30.3 Å². The van der Waals surface area contributed by atoms with Crippen molar-refractivity contribution in [3.8, 4) is 11.8 Å². The van der Waals surface area contributed by atoms with E-state index in [1.807, 2.05) is 6.07 Å². The van der Waals surface area contributed by atoms with Crippen molar-refractivity contribution in [1.82, 2.24) is 19.5 Å². The molecule has 2 aromatic heterocycles. The molecule has 4 rings (SSSR count). The number of hydrogen-bond acceptors (Lipinski definition) is 8. The summed E-state index contributed by atoms with van der Waals surface area (Å²) >= 11 is 0. The molecule has 0 atom stereocenters. The van der Waals surface area contributed by atoms with Gasteiger partial charge in [0.05, 0.1) is 16.6 Å². The fourth-order valence-corrected chi connectivity index (χ4v) is 3.52. The van der Waals surface area contributed by atoms with Gasteiger partial charge >= 0.3 is 0 Å². The van der Waals surface area contributed by atoms with Crippen LogP contribution in [-0.2, 0) is 6.42 Å². The summed E-state index contributed by atoms with van der Waals surface area (Å²) in [7, 11) is 0. The Balaban J connectivity index is 1.78. The number of nitrogens with one attached hydrogen (secondary N) is 1. The third-order valence-corrected chi connectivity index (χ3v) is 4.96. The third kappa shape index (κ3) is 4.14. The smallest absolute Gasteiger partial charge is 0.266 e. The molecule has 0 spiro atoms. The van der Waals surface area contributed by atoms with Gasteiger partial charge in [-0.15, -0.1) is 0 Å². The molecule has 2 heterocycles. The van der Waals surface area contributed by atoms with E-state index in [1.165, 1.54) is 22.8 Å². The van der Waals surface area contributed by atoms with Gasteiger partial charge in [0.2, 0.25) is 5.95 Å². The van der Waals surface area contributed by atoms with E-state index in [4.69, 9.17) is 11.5 Å². The van der Waals surface area contributed by atoms with Crippen LogP contribution in [0.25, 0.3) is 16.6 Å². The molecule has 11 heteroatoms. The second kappa shape index (κ2) is 8.88. The van der Waals surface area contributed by atoms with Crippen LogP contribution >= 0.6 is 0 Å². The molecule has 4 aromatic rings. The van der Waals surface area contributed by atoms with Crippen molar-refractivity contribution in [3.05, 3.63) is 75.8 Å². The van der Waals surface area contributed by atoms with Crippen LogP contribution in [0, 0.1) is 11.3 Å². The number of para-hydroxylation sites is 1. The highest BCUT2D eigenvalue weighted by Crippen LogP contribution is 2.25. The number of nitrogen functional groups attached to an aromatic ring is 2. The summed E-state index contributed by atoms with van der Waals surface area (Å²) in [5, 5.41) is 12.1. The predicted octanol–water partition coefficient (Wildman–Crippen LogP) is 2.80. The first-order valence-electron chi connectivity index (χ1n) is 9.85. The minimum absolute atomic E-state index is 0.0395. The van der Waals surface area contributed by atoms with E-state index < -0.39 is 12.0 Å². The first kappa shape index (κ1) is 21.6. The summed E-state index contributed by atoms with van der Waals surface area (Å²) in [6.07, 6.45) is -2.62. The highest BCUT2D eigenvalue weighted by molar-refractivity contribution is 5.82. The lowest BCUT2D eigenvalue weighted by Crippen LogP contribution is -2.26. The normalized spacial score (nSPS) is 11.0. The van der Waals surface area contributed by atoms with Crippen molar-refractivity contribution in [2.75, 3.05) is 23.3 Å². The van der Waals surface area contributed by atoms with Gasteiger partial charge in [0.1, 0.15) is 23.3 Å². The van der Waals surface area contributed by atoms with Crippen molar-refractivity contribution >= 4 is 28.5 Å². The van der Waals surface area contributed by atoms with Crippen molar-refractivity contribution in [3.63, 3.8) is 0 Å². The van der Waals surface area contributed by atoms with Crippen LogP contribution in [0.2, 0.25) is 0 Å². The Bertz CT molecular complexity index is 1430. The molecular weight excluding hydrogens is 430 g/mol. The van der Waals surface area contributed by atoms with Crippen molar-refractivity contribution < 1.29 is 8.78 Å². The van der Waals surface area contributed by atoms with Gasteiger partial charge in [-0.3, -0.25) is 9.36 Å². The van der Waals surface area contributed by atoms with E-state index in [0.29, 0.717) is 11.5 Å². The first-order valence-corrected chi connectivity index (χ1v) is 9.85. The summed E-state index contributed by atoms with van der Waals surface area (Å²) in [5.74, 6) is 0.332. The van der Waals surface area contributed by atoms with Crippen LogP contribution in [-0.4, -0.2) is 26.1 Å². The second-order valence-electron chi connectivity index (χ2n) is 7.03. The average Bonchev–Trinajstić information content (AvgIpc) is 2.79. The SMILES string of the molecule is N#Cc1c(N)nc(N)nc1NCCc1nc2cccc(C(F)F)c2c(=O)n1-c1ccccc1. The monoisotopic (exact) mass is 448 g/mol. The van der Waals surface area contributed by atoms with Gasteiger partial charge in [-0.1, -0.05) is 30.3 Å². The zero-order valence-corrected chi connectivity index (χ0v) is 17.2. The fraction of sp³-hybridized carbons (Fsp3) is 0.136. The Hall–Kier alpha value is -4.59. The Labute approximate surface area is 186 Å². The molecule has 166 valence electrons. The van der Waals surface area contributed by atoms with E-state index >= 15 is 0 Å². The highest BCUT2D eigenvalue weighted by atomic mass is 19.3. The molecule has 0 saturated carbocycles. The minimum atomic E-state index is -2.82. The maximum absolute atomic E-state index is 13.6. The van der Waals surface area contributed by atoms with Gasteiger partial charge in [0.25, 0.3) is 12.0 Å². The van der Waals surface area contributed by atoms with Crippen molar-refractivity contribution in [2.24, 2.45) is 0 Å². The molecule has 0 aliphatic heterocycles. The van der Waals surface area contributed by atoms with E-state index in [-0.39, 0.29) is 52.6 Å². The quantitative estimate of drug-likeness (QED) is 0.408. The Morgan fingerprint density at radius 1 is 1.06 bits per heavy atom. The summed E-state index contributed by atoms with van der Waals surface area (Å²) in [5.41, 5.74) is 11.1. The molecule has 0 radical (unpaired) electrons.